The van der Waals surface area contributed by atoms with E-state index < -0.39 is 0 Å². The van der Waals surface area contributed by atoms with Gasteiger partial charge in [-0.2, -0.15) is 0 Å². The van der Waals surface area contributed by atoms with Gasteiger partial charge in [-0.05, 0) is 49.7 Å². The number of rotatable bonds is 13. The van der Waals surface area contributed by atoms with E-state index >= 15 is 0 Å². The van der Waals surface area contributed by atoms with Crippen LogP contribution in [0.1, 0.15) is 73.1 Å². The van der Waals surface area contributed by atoms with Crippen LogP contribution in [0.2, 0.25) is 0 Å². The molecular weight excluding hydrogens is 358 g/mol. The largest absolute Gasteiger partial charge is 0.374 e. The predicted octanol–water partition coefficient (Wildman–Crippen LogP) is 4.31. The highest BCUT2D eigenvalue weighted by molar-refractivity contribution is 8.00. The number of nitrogens with zero attached hydrogens (tertiary/aromatic N) is 1. The molecule has 1 atom stereocenters. The highest BCUT2D eigenvalue weighted by atomic mass is 32.2. The zero-order chi connectivity index (χ0) is 20.4. The maximum atomic E-state index is 12.0. The number of amidine groups is 1. The first kappa shape index (κ1) is 24.0. The average Bonchev–Trinajstić information content (AvgIpc) is 2.87. The maximum Gasteiger partial charge on any atom is 0.242 e. The van der Waals surface area contributed by atoms with Crippen LogP contribution in [0.25, 0.3) is 0 Å². The second-order valence-electron chi connectivity index (χ2n) is 8.20. The van der Waals surface area contributed by atoms with Crippen LogP contribution in [-0.2, 0) is 9.59 Å². The van der Waals surface area contributed by atoms with Gasteiger partial charge in [0.05, 0.1) is 11.1 Å². The molecular formula is C21H39N3O2S. The molecule has 1 aliphatic rings. The van der Waals surface area contributed by atoms with Gasteiger partial charge in [0.1, 0.15) is 0 Å². The fourth-order valence-electron chi connectivity index (χ4n) is 3.86. The van der Waals surface area contributed by atoms with Crippen molar-refractivity contribution < 1.29 is 9.59 Å². The van der Waals surface area contributed by atoms with E-state index in [9.17, 15) is 9.59 Å². The lowest BCUT2D eigenvalue weighted by atomic mass is 9.82. The summed E-state index contributed by atoms with van der Waals surface area (Å²) in [5.41, 5.74) is 0. The van der Waals surface area contributed by atoms with Crippen LogP contribution >= 0.6 is 11.8 Å². The highest BCUT2D eigenvalue weighted by Gasteiger charge is 2.37. The minimum atomic E-state index is -0.213. The molecule has 1 aliphatic heterocycles. The van der Waals surface area contributed by atoms with Crippen LogP contribution in [0.3, 0.4) is 0 Å². The van der Waals surface area contributed by atoms with Crippen LogP contribution in [0.4, 0.5) is 0 Å². The van der Waals surface area contributed by atoms with Gasteiger partial charge in [-0.25, -0.2) is 0 Å². The van der Waals surface area contributed by atoms with E-state index in [2.05, 4.69) is 33.0 Å². The quantitative estimate of drug-likeness (QED) is 0.210. The summed E-state index contributed by atoms with van der Waals surface area (Å²) in [7, 11) is 0. The summed E-state index contributed by atoms with van der Waals surface area (Å²) in [6.07, 6.45) is 5.50. The molecule has 1 rings (SSSR count). The molecule has 2 amide bonds. The number of hydrogen-bond acceptors (Lipinski definition) is 4. The number of amides is 2. The first-order valence-corrected chi connectivity index (χ1v) is 11.6. The fraction of sp³-hybridized carbons (Fsp3) is 0.857. The lowest BCUT2D eigenvalue weighted by Crippen LogP contribution is -2.31. The summed E-state index contributed by atoms with van der Waals surface area (Å²) in [5.74, 6) is 3.57. The molecule has 2 N–H and O–H groups in total. The van der Waals surface area contributed by atoms with Crippen molar-refractivity contribution in [2.75, 3.05) is 18.8 Å². The van der Waals surface area contributed by atoms with E-state index in [0.29, 0.717) is 25.2 Å². The van der Waals surface area contributed by atoms with Crippen molar-refractivity contribution in [2.45, 2.75) is 78.4 Å². The summed E-state index contributed by atoms with van der Waals surface area (Å²) in [5, 5.41) is 11.0. The minimum absolute atomic E-state index is 0.0400. The van der Waals surface area contributed by atoms with Gasteiger partial charge < -0.3 is 5.32 Å². The van der Waals surface area contributed by atoms with E-state index in [0.717, 1.165) is 42.9 Å². The van der Waals surface area contributed by atoms with Gasteiger partial charge in [0, 0.05) is 25.9 Å². The van der Waals surface area contributed by atoms with Crippen LogP contribution in [0.15, 0.2) is 0 Å². The normalized spacial score (nSPS) is 17.6. The molecule has 5 nitrogen and oxygen atoms in total. The Labute approximate surface area is 169 Å². The van der Waals surface area contributed by atoms with Crippen LogP contribution in [0, 0.1) is 23.2 Å². The van der Waals surface area contributed by atoms with Gasteiger partial charge in [-0.3, -0.25) is 19.9 Å². The van der Waals surface area contributed by atoms with Crippen LogP contribution in [0.5, 0.6) is 0 Å². The first-order chi connectivity index (χ1) is 12.8. The van der Waals surface area contributed by atoms with Crippen molar-refractivity contribution in [2.24, 2.45) is 17.8 Å². The predicted molar refractivity (Wildman–Crippen MR) is 115 cm³/mol. The van der Waals surface area contributed by atoms with Gasteiger partial charge in [-0.15, -0.1) is 11.8 Å². The third-order valence-corrected chi connectivity index (χ3v) is 6.72. The van der Waals surface area contributed by atoms with Crippen LogP contribution in [-0.4, -0.2) is 46.6 Å². The summed E-state index contributed by atoms with van der Waals surface area (Å²) in [4.78, 5) is 25.1. The van der Waals surface area contributed by atoms with Crippen molar-refractivity contribution >= 4 is 29.4 Å². The Hall–Kier alpha value is -1.04. The topological polar surface area (TPSA) is 73.3 Å². The van der Waals surface area contributed by atoms with Crippen molar-refractivity contribution in [1.82, 2.24) is 10.2 Å². The second-order valence-corrected chi connectivity index (χ2v) is 9.51. The number of nitrogens with one attached hydrogen (secondary N) is 2. The molecule has 1 fully saturated rings. The van der Waals surface area contributed by atoms with E-state index in [1.54, 1.807) is 11.8 Å². The van der Waals surface area contributed by atoms with Gasteiger partial charge in [0.25, 0.3) is 0 Å². The Morgan fingerprint density at radius 2 is 1.85 bits per heavy atom. The summed E-state index contributed by atoms with van der Waals surface area (Å²) >= 11 is 1.56. The number of unbranched alkanes of at least 4 members (excludes halogenated alkanes) is 1. The molecule has 0 saturated carbocycles. The number of hydrogen-bond donors (Lipinski definition) is 2. The Kier molecular flexibility index (Phi) is 11.0. The Morgan fingerprint density at radius 1 is 1.19 bits per heavy atom. The zero-order valence-corrected chi connectivity index (χ0v) is 18.7. The number of imide groups is 1. The van der Waals surface area contributed by atoms with E-state index in [1.807, 2.05) is 6.92 Å². The summed E-state index contributed by atoms with van der Waals surface area (Å²) < 4.78 is 0. The first-order valence-electron chi connectivity index (χ1n) is 10.5. The lowest BCUT2D eigenvalue weighted by molar-refractivity contribution is -0.137. The number of carbonyl (C=O) groups excluding carboxylic acids is 2. The van der Waals surface area contributed by atoms with Crippen molar-refractivity contribution in [3.8, 4) is 0 Å². The molecule has 27 heavy (non-hydrogen) atoms. The van der Waals surface area contributed by atoms with Crippen molar-refractivity contribution in [3.05, 3.63) is 0 Å². The molecule has 0 aromatic rings. The van der Waals surface area contributed by atoms with Gasteiger partial charge >= 0.3 is 0 Å². The van der Waals surface area contributed by atoms with Crippen LogP contribution < -0.4 is 5.32 Å². The second kappa shape index (κ2) is 12.4. The maximum absolute atomic E-state index is 12.0. The molecule has 6 heteroatoms. The molecule has 156 valence electrons. The molecule has 1 saturated heterocycles. The zero-order valence-electron chi connectivity index (χ0n) is 17.8. The van der Waals surface area contributed by atoms with E-state index in [4.69, 9.17) is 5.41 Å². The molecule has 0 aliphatic carbocycles. The summed E-state index contributed by atoms with van der Waals surface area (Å²) in [6, 6.07) is 0. The lowest BCUT2D eigenvalue weighted by Gasteiger charge is -2.24. The Morgan fingerprint density at radius 3 is 2.41 bits per heavy atom. The number of likely N-dealkylation sites (tertiary alicyclic amines) is 1. The molecule has 0 aromatic carbocycles. The highest BCUT2D eigenvalue weighted by Crippen LogP contribution is 2.26. The Balaban J connectivity index is 2.08. The molecule has 0 spiro atoms. The van der Waals surface area contributed by atoms with Crippen molar-refractivity contribution in [1.29, 1.82) is 5.41 Å². The van der Waals surface area contributed by atoms with Gasteiger partial charge in [0.15, 0.2) is 0 Å². The smallest absolute Gasteiger partial charge is 0.242 e. The third-order valence-electron chi connectivity index (χ3n) is 5.42. The molecule has 1 heterocycles. The fourth-order valence-corrected chi connectivity index (χ4v) is 4.98. The number of thioether (sulfide) groups is 1. The monoisotopic (exact) mass is 397 g/mol. The third kappa shape index (κ3) is 8.24. The minimum Gasteiger partial charge on any atom is -0.374 e. The molecule has 0 bridgehead atoms. The number of carbonyl (C=O) groups is 2. The SMILES string of the molecule is CCN1C(=O)CC(SCCCC(=N)NCCCCC(C(C)C)C(C)C)C1=O. The standard InChI is InChI=1S/C21H39N3O2S/c1-6-24-20(25)14-18(21(24)26)27-13-9-11-19(22)23-12-8-7-10-17(15(2)3)16(4)5/h15-18H,6-14H2,1-5H3,(H2,22,23). The summed E-state index contributed by atoms with van der Waals surface area (Å²) in [6.45, 7) is 12.4. The molecule has 0 radical (unpaired) electrons. The van der Waals surface area contributed by atoms with Crippen molar-refractivity contribution in [3.63, 3.8) is 0 Å². The Bertz CT molecular complexity index is 486. The van der Waals surface area contributed by atoms with Gasteiger partial charge in [-0.1, -0.05) is 34.1 Å². The molecule has 1 unspecified atom stereocenters. The van der Waals surface area contributed by atoms with Gasteiger partial charge in [0.2, 0.25) is 11.8 Å². The average molecular weight is 398 g/mol. The van der Waals surface area contributed by atoms with E-state index in [-0.39, 0.29) is 17.1 Å². The van der Waals surface area contributed by atoms with E-state index in [1.165, 1.54) is 17.7 Å². The molecule has 0 aromatic heterocycles.